The van der Waals surface area contributed by atoms with Gasteiger partial charge >= 0.3 is 0 Å². The minimum Gasteiger partial charge on any atom is -0.297 e. The van der Waals surface area contributed by atoms with Crippen molar-refractivity contribution in [2.45, 2.75) is 71.3 Å². The fraction of sp³-hybridized carbons (Fsp3) is 0.938. The molecule has 2 unspecified atom stereocenters. The van der Waals surface area contributed by atoms with Crippen molar-refractivity contribution in [1.29, 1.82) is 0 Å². The van der Waals surface area contributed by atoms with Crippen LogP contribution in [0, 0.1) is 11.8 Å². The van der Waals surface area contributed by atoms with Crippen molar-refractivity contribution < 1.29 is 4.79 Å². The molecule has 1 aliphatic heterocycles. The highest BCUT2D eigenvalue weighted by molar-refractivity contribution is 5.89. The van der Waals surface area contributed by atoms with Gasteiger partial charge in [-0.05, 0) is 58.5 Å². The van der Waals surface area contributed by atoms with Crippen LogP contribution >= 0.6 is 0 Å². The van der Waals surface area contributed by atoms with Crippen LogP contribution in [0.3, 0.4) is 0 Å². The van der Waals surface area contributed by atoms with Gasteiger partial charge in [-0.2, -0.15) is 0 Å². The van der Waals surface area contributed by atoms with Crippen molar-refractivity contribution >= 4 is 5.78 Å². The Labute approximate surface area is 112 Å². The second-order valence-corrected chi connectivity index (χ2v) is 6.76. The van der Waals surface area contributed by atoms with E-state index in [0.717, 1.165) is 31.8 Å². The van der Waals surface area contributed by atoms with Crippen LogP contribution in [-0.4, -0.2) is 29.3 Å². The summed E-state index contributed by atoms with van der Waals surface area (Å²) in [7, 11) is 0. The van der Waals surface area contributed by atoms with Crippen LogP contribution in [0.5, 0.6) is 0 Å². The molecule has 2 heteroatoms. The molecular weight excluding hydrogens is 222 g/mol. The Morgan fingerprint density at radius 2 is 1.83 bits per heavy atom. The van der Waals surface area contributed by atoms with Gasteiger partial charge in [-0.3, -0.25) is 9.69 Å². The molecule has 1 saturated heterocycles. The highest BCUT2D eigenvalue weighted by Crippen LogP contribution is 2.35. The summed E-state index contributed by atoms with van der Waals surface area (Å²) in [6.07, 6.45) is 8.64. The van der Waals surface area contributed by atoms with Crippen molar-refractivity contribution in [3.05, 3.63) is 0 Å². The van der Waals surface area contributed by atoms with Crippen molar-refractivity contribution in [2.75, 3.05) is 13.1 Å². The Bertz CT molecular complexity index is 291. The van der Waals surface area contributed by atoms with Gasteiger partial charge in [0.1, 0.15) is 0 Å². The Morgan fingerprint density at radius 1 is 1.17 bits per heavy atom. The van der Waals surface area contributed by atoms with E-state index in [1.807, 2.05) is 0 Å². The van der Waals surface area contributed by atoms with Crippen LogP contribution in [0.25, 0.3) is 0 Å². The molecule has 2 fully saturated rings. The molecule has 0 amide bonds. The van der Waals surface area contributed by atoms with E-state index < -0.39 is 0 Å². The van der Waals surface area contributed by atoms with Gasteiger partial charge in [0.05, 0.1) is 5.54 Å². The van der Waals surface area contributed by atoms with Crippen molar-refractivity contribution in [1.82, 2.24) is 4.90 Å². The maximum Gasteiger partial charge on any atom is 0.155 e. The molecule has 0 spiro atoms. The van der Waals surface area contributed by atoms with Crippen LogP contribution in [0.1, 0.15) is 65.7 Å². The average molecular weight is 251 g/mol. The minimum atomic E-state index is -0.225. The first-order chi connectivity index (χ1) is 8.55. The molecule has 18 heavy (non-hydrogen) atoms. The van der Waals surface area contributed by atoms with Gasteiger partial charge in [-0.1, -0.05) is 26.2 Å². The molecule has 2 atom stereocenters. The summed E-state index contributed by atoms with van der Waals surface area (Å²) in [6, 6.07) is 0. The van der Waals surface area contributed by atoms with Gasteiger partial charge in [-0.25, -0.2) is 0 Å². The number of carbonyl (C=O) groups is 1. The number of carbonyl (C=O) groups excluding carboxylic acids is 1. The lowest BCUT2D eigenvalue weighted by atomic mass is 9.74. The summed E-state index contributed by atoms with van der Waals surface area (Å²) in [5.41, 5.74) is -0.225. The zero-order valence-electron chi connectivity index (χ0n) is 12.4. The van der Waals surface area contributed by atoms with Gasteiger partial charge in [0.25, 0.3) is 0 Å². The maximum absolute atomic E-state index is 12.8. The average Bonchev–Trinajstić information content (AvgIpc) is 2.92. The zero-order valence-corrected chi connectivity index (χ0v) is 12.4. The summed E-state index contributed by atoms with van der Waals surface area (Å²) in [5, 5.41) is 0. The number of rotatable bonds is 4. The summed E-state index contributed by atoms with van der Waals surface area (Å²) in [6.45, 7) is 8.79. The number of hydrogen-bond donors (Lipinski definition) is 0. The second kappa shape index (κ2) is 5.73. The van der Waals surface area contributed by atoms with Crippen LogP contribution < -0.4 is 0 Å². The van der Waals surface area contributed by atoms with Gasteiger partial charge in [-0.15, -0.1) is 0 Å². The first kappa shape index (κ1) is 14.0. The Morgan fingerprint density at radius 3 is 2.44 bits per heavy atom. The Balaban J connectivity index is 2.00. The van der Waals surface area contributed by atoms with E-state index in [1.165, 1.54) is 32.1 Å². The number of nitrogens with zero attached hydrogens (tertiary/aromatic N) is 1. The smallest absolute Gasteiger partial charge is 0.155 e. The van der Waals surface area contributed by atoms with Crippen LogP contribution in [0.4, 0.5) is 0 Å². The van der Waals surface area contributed by atoms with Crippen molar-refractivity contribution in [2.24, 2.45) is 11.8 Å². The second-order valence-electron chi connectivity index (χ2n) is 6.76. The number of likely N-dealkylation sites (tertiary alicyclic amines) is 1. The molecule has 1 aliphatic carbocycles. The summed E-state index contributed by atoms with van der Waals surface area (Å²) in [4.78, 5) is 15.2. The third-order valence-electron chi connectivity index (χ3n) is 5.23. The predicted molar refractivity (Wildman–Crippen MR) is 75.6 cm³/mol. The number of ketones is 1. The van der Waals surface area contributed by atoms with E-state index in [9.17, 15) is 4.79 Å². The normalized spacial score (nSPS) is 30.6. The molecule has 2 aliphatic rings. The maximum atomic E-state index is 12.8. The monoisotopic (exact) mass is 251 g/mol. The van der Waals surface area contributed by atoms with E-state index >= 15 is 0 Å². The van der Waals surface area contributed by atoms with E-state index in [1.54, 1.807) is 0 Å². The SMILES string of the molecule is CCC1CCCC(C(=O)C(C)(C)N2CCCC2)C1. The molecule has 0 N–H and O–H groups in total. The van der Waals surface area contributed by atoms with Gasteiger partial charge < -0.3 is 0 Å². The predicted octanol–water partition coefficient (Wildman–Crippen LogP) is 3.65. The van der Waals surface area contributed by atoms with E-state index in [-0.39, 0.29) is 5.54 Å². The molecule has 2 rings (SSSR count). The molecule has 2 nitrogen and oxygen atoms in total. The first-order valence-electron chi connectivity index (χ1n) is 7.85. The molecule has 104 valence electrons. The number of hydrogen-bond acceptors (Lipinski definition) is 2. The lowest BCUT2D eigenvalue weighted by Crippen LogP contribution is -2.51. The van der Waals surface area contributed by atoms with Gasteiger partial charge in [0.2, 0.25) is 0 Å². The topological polar surface area (TPSA) is 20.3 Å². The Kier molecular flexibility index (Phi) is 4.47. The summed E-state index contributed by atoms with van der Waals surface area (Å²) >= 11 is 0. The third-order valence-corrected chi connectivity index (χ3v) is 5.23. The van der Waals surface area contributed by atoms with Crippen molar-refractivity contribution in [3.8, 4) is 0 Å². The lowest BCUT2D eigenvalue weighted by molar-refractivity contribution is -0.134. The molecule has 1 heterocycles. The molecule has 0 aromatic heterocycles. The van der Waals surface area contributed by atoms with Crippen LogP contribution in [0.2, 0.25) is 0 Å². The summed E-state index contributed by atoms with van der Waals surface area (Å²) < 4.78 is 0. The van der Waals surface area contributed by atoms with E-state index in [0.29, 0.717) is 11.7 Å². The van der Waals surface area contributed by atoms with Gasteiger partial charge in [0, 0.05) is 5.92 Å². The highest BCUT2D eigenvalue weighted by atomic mass is 16.1. The molecule has 1 saturated carbocycles. The molecule has 0 aromatic rings. The first-order valence-corrected chi connectivity index (χ1v) is 7.85. The van der Waals surface area contributed by atoms with Crippen LogP contribution in [-0.2, 0) is 4.79 Å². The lowest BCUT2D eigenvalue weighted by Gasteiger charge is -2.39. The fourth-order valence-corrected chi connectivity index (χ4v) is 3.83. The van der Waals surface area contributed by atoms with Crippen LogP contribution in [0.15, 0.2) is 0 Å². The largest absolute Gasteiger partial charge is 0.297 e. The zero-order chi connectivity index (χ0) is 13.2. The van der Waals surface area contributed by atoms with Gasteiger partial charge in [0.15, 0.2) is 5.78 Å². The summed E-state index contributed by atoms with van der Waals surface area (Å²) in [5.74, 6) is 1.64. The standard InChI is InChI=1S/C16H29NO/c1-4-13-8-7-9-14(12-13)15(18)16(2,3)17-10-5-6-11-17/h13-14H,4-12H2,1-3H3. The minimum absolute atomic E-state index is 0.225. The fourth-order valence-electron chi connectivity index (χ4n) is 3.83. The molecule has 0 radical (unpaired) electrons. The molecule has 0 aromatic carbocycles. The molecular formula is C16H29NO. The van der Waals surface area contributed by atoms with E-state index in [4.69, 9.17) is 0 Å². The molecule has 0 bridgehead atoms. The Hall–Kier alpha value is -0.370. The quantitative estimate of drug-likeness (QED) is 0.760. The highest BCUT2D eigenvalue weighted by Gasteiger charge is 2.40. The van der Waals surface area contributed by atoms with Crippen molar-refractivity contribution in [3.63, 3.8) is 0 Å². The number of Topliss-reactive ketones (excluding diaryl/α,β-unsaturated/α-hetero) is 1. The van der Waals surface area contributed by atoms with E-state index in [2.05, 4.69) is 25.7 Å². The third kappa shape index (κ3) is 2.79.